The second-order valence-corrected chi connectivity index (χ2v) is 7.31. The molecule has 142 valence electrons. The van der Waals surface area contributed by atoms with Crippen molar-refractivity contribution in [3.05, 3.63) is 89.5 Å². The van der Waals surface area contributed by atoms with E-state index in [4.69, 9.17) is 10.1 Å². The zero-order valence-corrected chi connectivity index (χ0v) is 16.4. The minimum atomic E-state index is -0.145. The van der Waals surface area contributed by atoms with Crippen molar-refractivity contribution < 1.29 is 5.11 Å². The van der Waals surface area contributed by atoms with Crippen LogP contribution in [0, 0.1) is 6.92 Å². The van der Waals surface area contributed by atoms with Crippen molar-refractivity contribution in [2.24, 2.45) is 0 Å². The maximum atomic E-state index is 10.4. The highest BCUT2D eigenvalue weighted by molar-refractivity contribution is 5.92. The van der Waals surface area contributed by atoms with Crippen LogP contribution in [0.25, 0.3) is 16.6 Å². The number of fused-ring (bicyclic) bond motifs is 3. The van der Waals surface area contributed by atoms with E-state index in [1.165, 1.54) is 5.56 Å². The van der Waals surface area contributed by atoms with Crippen LogP contribution in [-0.4, -0.2) is 19.7 Å². The molecule has 0 aliphatic heterocycles. The molecule has 0 fully saturated rings. The van der Waals surface area contributed by atoms with Crippen LogP contribution >= 0.6 is 0 Å². The lowest BCUT2D eigenvalue weighted by Gasteiger charge is -2.22. The first-order valence-electron chi connectivity index (χ1n) is 9.78. The Kier molecular flexibility index (Phi) is 4.86. The SMILES string of the molecule is C=C(O)C(CCC)c1c(C)nc2c3ccccc3nn2c1Cc1ccccc1. The first-order valence-corrected chi connectivity index (χ1v) is 9.78. The minimum Gasteiger partial charge on any atom is -0.512 e. The van der Waals surface area contributed by atoms with E-state index in [0.717, 1.165) is 52.8 Å². The van der Waals surface area contributed by atoms with Crippen molar-refractivity contribution in [2.45, 2.75) is 39.0 Å². The van der Waals surface area contributed by atoms with Gasteiger partial charge < -0.3 is 5.11 Å². The average Bonchev–Trinajstić information content (AvgIpc) is 3.06. The van der Waals surface area contributed by atoms with Crippen molar-refractivity contribution in [3.8, 4) is 0 Å². The molecule has 0 amide bonds. The van der Waals surface area contributed by atoms with Crippen molar-refractivity contribution in [1.29, 1.82) is 0 Å². The van der Waals surface area contributed by atoms with Gasteiger partial charge in [0.25, 0.3) is 0 Å². The van der Waals surface area contributed by atoms with Gasteiger partial charge in [-0.15, -0.1) is 0 Å². The van der Waals surface area contributed by atoms with Gasteiger partial charge in [-0.05, 0) is 31.0 Å². The molecule has 4 rings (SSSR count). The Bertz CT molecular complexity index is 1140. The maximum Gasteiger partial charge on any atom is 0.163 e. The largest absolute Gasteiger partial charge is 0.512 e. The van der Waals surface area contributed by atoms with E-state index >= 15 is 0 Å². The van der Waals surface area contributed by atoms with E-state index in [-0.39, 0.29) is 11.7 Å². The zero-order chi connectivity index (χ0) is 19.7. The molecule has 1 unspecified atom stereocenters. The number of hydrogen-bond acceptors (Lipinski definition) is 3. The normalized spacial score (nSPS) is 12.5. The second-order valence-electron chi connectivity index (χ2n) is 7.31. The van der Waals surface area contributed by atoms with Gasteiger partial charge in [0.05, 0.1) is 17.0 Å². The van der Waals surface area contributed by atoms with Crippen molar-refractivity contribution in [2.75, 3.05) is 0 Å². The highest BCUT2D eigenvalue weighted by Gasteiger charge is 2.25. The van der Waals surface area contributed by atoms with Crippen LogP contribution < -0.4 is 0 Å². The summed E-state index contributed by atoms with van der Waals surface area (Å²) < 4.78 is 1.96. The van der Waals surface area contributed by atoms with Crippen LogP contribution in [0.15, 0.2) is 66.9 Å². The highest BCUT2D eigenvalue weighted by Crippen LogP contribution is 2.34. The van der Waals surface area contributed by atoms with Crippen LogP contribution in [0.2, 0.25) is 0 Å². The van der Waals surface area contributed by atoms with Crippen molar-refractivity contribution in [3.63, 3.8) is 0 Å². The summed E-state index contributed by atoms with van der Waals surface area (Å²) in [6, 6.07) is 18.5. The van der Waals surface area contributed by atoms with Gasteiger partial charge in [0.15, 0.2) is 5.65 Å². The number of benzene rings is 2. The number of aliphatic hydroxyl groups is 1. The summed E-state index contributed by atoms with van der Waals surface area (Å²) >= 11 is 0. The average molecular weight is 371 g/mol. The molecule has 0 aliphatic carbocycles. The molecule has 0 saturated carbocycles. The van der Waals surface area contributed by atoms with Gasteiger partial charge in [-0.3, -0.25) is 0 Å². The van der Waals surface area contributed by atoms with Gasteiger partial charge in [-0.2, -0.15) is 5.10 Å². The van der Waals surface area contributed by atoms with E-state index < -0.39 is 0 Å². The third kappa shape index (κ3) is 3.15. The number of hydrogen-bond donors (Lipinski definition) is 1. The lowest BCUT2D eigenvalue weighted by molar-refractivity contribution is 0.359. The molecule has 0 bridgehead atoms. The number of aliphatic hydroxyl groups excluding tert-OH is 1. The third-order valence-corrected chi connectivity index (χ3v) is 5.33. The van der Waals surface area contributed by atoms with Crippen molar-refractivity contribution >= 4 is 16.6 Å². The second kappa shape index (κ2) is 7.47. The molecular formula is C24H25N3O. The fourth-order valence-corrected chi connectivity index (χ4v) is 4.04. The Balaban J connectivity index is 2.03. The summed E-state index contributed by atoms with van der Waals surface area (Å²) in [7, 11) is 0. The van der Waals surface area contributed by atoms with E-state index in [0.29, 0.717) is 0 Å². The number of aromatic nitrogens is 3. The fraction of sp³-hybridized carbons (Fsp3) is 0.250. The molecule has 0 spiro atoms. The summed E-state index contributed by atoms with van der Waals surface area (Å²) in [4.78, 5) is 4.90. The van der Waals surface area contributed by atoms with Crippen LogP contribution in [0.5, 0.6) is 0 Å². The molecule has 1 N–H and O–H groups in total. The lowest BCUT2D eigenvalue weighted by Crippen LogP contribution is -2.14. The third-order valence-electron chi connectivity index (χ3n) is 5.33. The Morgan fingerprint density at radius 1 is 1.11 bits per heavy atom. The van der Waals surface area contributed by atoms with Gasteiger partial charge >= 0.3 is 0 Å². The molecule has 2 heterocycles. The fourth-order valence-electron chi connectivity index (χ4n) is 4.04. The molecule has 4 heteroatoms. The topological polar surface area (TPSA) is 50.4 Å². The van der Waals surface area contributed by atoms with Crippen LogP contribution in [-0.2, 0) is 6.42 Å². The first-order chi connectivity index (χ1) is 13.6. The summed E-state index contributed by atoms with van der Waals surface area (Å²) in [6.45, 7) is 8.01. The number of rotatable bonds is 6. The number of aryl methyl sites for hydroxylation is 1. The standard InChI is InChI=1S/C24H25N3O/c1-4-10-19(17(3)28)23-16(2)25-24-20-13-8-9-14-21(20)26-27(24)22(23)15-18-11-6-5-7-12-18/h5-9,11-14,19,28H,3-4,10,15H2,1-2H3. The molecular weight excluding hydrogens is 346 g/mol. The smallest absolute Gasteiger partial charge is 0.163 e. The Labute approximate surface area is 165 Å². The summed E-state index contributed by atoms with van der Waals surface area (Å²) in [6.07, 6.45) is 2.50. The van der Waals surface area contributed by atoms with E-state index in [2.05, 4.69) is 31.7 Å². The molecule has 4 nitrogen and oxygen atoms in total. The van der Waals surface area contributed by atoms with Gasteiger partial charge in [0.1, 0.15) is 0 Å². The Hall–Kier alpha value is -3.14. The van der Waals surface area contributed by atoms with E-state index in [9.17, 15) is 5.11 Å². The zero-order valence-electron chi connectivity index (χ0n) is 16.4. The maximum absolute atomic E-state index is 10.4. The molecule has 2 aromatic carbocycles. The van der Waals surface area contributed by atoms with Gasteiger partial charge in [-0.25, -0.2) is 9.50 Å². The van der Waals surface area contributed by atoms with Crippen LogP contribution in [0.4, 0.5) is 0 Å². The molecule has 0 radical (unpaired) electrons. The molecule has 4 aromatic rings. The highest BCUT2D eigenvalue weighted by atomic mass is 16.3. The minimum absolute atomic E-state index is 0.145. The Morgan fingerprint density at radius 3 is 2.54 bits per heavy atom. The first kappa shape index (κ1) is 18.2. The van der Waals surface area contributed by atoms with Crippen LogP contribution in [0.3, 0.4) is 0 Å². The molecule has 1 atom stereocenters. The predicted octanol–water partition coefficient (Wildman–Crippen LogP) is 5.74. The number of nitrogens with zero attached hydrogens (tertiary/aromatic N) is 3. The Morgan fingerprint density at radius 2 is 1.82 bits per heavy atom. The molecule has 2 aromatic heterocycles. The molecule has 28 heavy (non-hydrogen) atoms. The summed E-state index contributed by atoms with van der Waals surface area (Å²) in [5, 5.41) is 16.3. The molecule has 0 saturated heterocycles. The lowest BCUT2D eigenvalue weighted by atomic mass is 9.88. The molecule has 0 aliphatic rings. The van der Waals surface area contributed by atoms with E-state index in [1.807, 2.05) is 47.8 Å². The quantitative estimate of drug-likeness (QED) is 0.440. The summed E-state index contributed by atoms with van der Waals surface area (Å²) in [5.74, 6) is 0.0463. The van der Waals surface area contributed by atoms with Crippen molar-refractivity contribution in [1.82, 2.24) is 14.6 Å². The van der Waals surface area contributed by atoms with Gasteiger partial charge in [0.2, 0.25) is 0 Å². The summed E-state index contributed by atoms with van der Waals surface area (Å²) in [5.41, 5.74) is 6.03. The predicted molar refractivity (Wildman–Crippen MR) is 114 cm³/mol. The van der Waals surface area contributed by atoms with Gasteiger partial charge in [0, 0.05) is 29.0 Å². The number of allylic oxidation sites excluding steroid dienone is 1. The van der Waals surface area contributed by atoms with E-state index in [1.54, 1.807) is 0 Å². The van der Waals surface area contributed by atoms with Gasteiger partial charge in [-0.1, -0.05) is 62.4 Å². The van der Waals surface area contributed by atoms with Crippen LogP contribution in [0.1, 0.15) is 48.2 Å². The monoisotopic (exact) mass is 371 g/mol.